The molecule has 0 aliphatic carbocycles. The number of rotatable bonds is 7. The number of guanidine groups is 1. The normalized spacial score (nSPS) is 14.0. The Morgan fingerprint density at radius 1 is 1.33 bits per heavy atom. The van der Waals surface area contributed by atoms with Gasteiger partial charge in [0.25, 0.3) is 0 Å². The van der Waals surface area contributed by atoms with E-state index in [1.54, 1.807) is 13.1 Å². The number of aliphatic hydroxyl groups is 1. The predicted molar refractivity (Wildman–Crippen MR) is 109 cm³/mol. The van der Waals surface area contributed by atoms with Gasteiger partial charge in [-0.05, 0) is 39.8 Å². The summed E-state index contributed by atoms with van der Waals surface area (Å²) in [5.41, 5.74) is 0.750. The second-order valence-corrected chi connectivity index (χ2v) is 7.03. The van der Waals surface area contributed by atoms with Gasteiger partial charge in [0.2, 0.25) is 0 Å². The van der Waals surface area contributed by atoms with Crippen LogP contribution in [-0.2, 0) is 12.1 Å². The van der Waals surface area contributed by atoms with E-state index >= 15 is 0 Å². The van der Waals surface area contributed by atoms with Gasteiger partial charge in [-0.15, -0.1) is 0 Å². The molecule has 2 aromatic heterocycles. The quantitative estimate of drug-likeness (QED) is 0.510. The highest BCUT2D eigenvalue weighted by atomic mass is 16.3. The van der Waals surface area contributed by atoms with E-state index in [0.717, 1.165) is 35.0 Å². The van der Waals surface area contributed by atoms with Gasteiger partial charge in [-0.25, -0.2) is 9.98 Å². The zero-order valence-electron chi connectivity index (χ0n) is 17.1. The fourth-order valence-electron chi connectivity index (χ4n) is 2.98. The summed E-state index contributed by atoms with van der Waals surface area (Å²) in [7, 11) is 3.93. The van der Waals surface area contributed by atoms with Crippen molar-refractivity contribution in [3.05, 3.63) is 47.0 Å². The minimum absolute atomic E-state index is 0.312. The number of aromatic nitrogens is 1. The number of nitrogens with one attached hydrogen (secondary N) is 2. The Morgan fingerprint density at radius 2 is 2.07 bits per heavy atom. The van der Waals surface area contributed by atoms with E-state index < -0.39 is 5.60 Å². The lowest BCUT2D eigenvalue weighted by molar-refractivity contribution is 0.0601. The van der Waals surface area contributed by atoms with Gasteiger partial charge < -0.3 is 25.1 Å². The molecule has 0 fully saturated rings. The maximum absolute atomic E-state index is 10.9. The van der Waals surface area contributed by atoms with Crippen LogP contribution >= 0.6 is 0 Å². The van der Waals surface area contributed by atoms with Crippen molar-refractivity contribution in [2.75, 3.05) is 32.1 Å². The van der Waals surface area contributed by atoms with Crippen molar-refractivity contribution in [1.82, 2.24) is 15.6 Å². The summed E-state index contributed by atoms with van der Waals surface area (Å²) in [6, 6.07) is 5.80. The average Bonchev–Trinajstić information content (AvgIpc) is 2.97. The Bertz CT molecular complexity index is 780. The lowest BCUT2D eigenvalue weighted by Gasteiger charge is -2.24. The SMILES string of the molecule is CCNC(=NCc1cccnc1N(C)C)NCC(C)(O)c1cc(C)oc1C. The van der Waals surface area contributed by atoms with Gasteiger partial charge in [-0.2, -0.15) is 0 Å². The third-order valence-corrected chi connectivity index (χ3v) is 4.26. The van der Waals surface area contributed by atoms with Crippen LogP contribution in [-0.4, -0.2) is 43.2 Å². The van der Waals surface area contributed by atoms with Gasteiger partial charge in [0.05, 0.1) is 13.1 Å². The summed E-state index contributed by atoms with van der Waals surface area (Å²) in [6.45, 7) is 9.05. The van der Waals surface area contributed by atoms with Gasteiger partial charge in [-0.1, -0.05) is 6.07 Å². The maximum atomic E-state index is 10.9. The molecule has 7 heteroatoms. The third-order valence-electron chi connectivity index (χ3n) is 4.26. The van der Waals surface area contributed by atoms with Gasteiger partial charge in [0.1, 0.15) is 22.9 Å². The number of hydrogen-bond donors (Lipinski definition) is 3. The van der Waals surface area contributed by atoms with Crippen molar-refractivity contribution in [1.29, 1.82) is 0 Å². The average molecular weight is 374 g/mol. The monoisotopic (exact) mass is 373 g/mol. The lowest BCUT2D eigenvalue weighted by atomic mass is 9.96. The largest absolute Gasteiger partial charge is 0.466 e. The summed E-state index contributed by atoms with van der Waals surface area (Å²) in [5, 5.41) is 17.3. The highest BCUT2D eigenvalue weighted by molar-refractivity contribution is 5.80. The standard InChI is InChI=1S/C20H31N5O2/c1-7-21-19(23-12-16-9-8-10-22-18(16)25(5)6)24-13-20(4,26)17-11-14(2)27-15(17)3/h8-11,26H,7,12-13H2,1-6H3,(H2,21,23,24). The van der Waals surface area contributed by atoms with Crippen LogP contribution in [0.4, 0.5) is 5.82 Å². The van der Waals surface area contributed by atoms with Crippen molar-refractivity contribution in [3.8, 4) is 0 Å². The molecule has 0 aliphatic heterocycles. The van der Waals surface area contributed by atoms with Crippen LogP contribution in [0, 0.1) is 13.8 Å². The van der Waals surface area contributed by atoms with Crippen molar-refractivity contribution < 1.29 is 9.52 Å². The second-order valence-electron chi connectivity index (χ2n) is 7.03. The van der Waals surface area contributed by atoms with E-state index in [4.69, 9.17) is 4.42 Å². The molecule has 1 unspecified atom stereocenters. The van der Waals surface area contributed by atoms with E-state index in [1.807, 2.05) is 58.0 Å². The molecule has 27 heavy (non-hydrogen) atoms. The first-order valence-corrected chi connectivity index (χ1v) is 9.18. The summed E-state index contributed by atoms with van der Waals surface area (Å²) in [5.74, 6) is 3.06. The molecule has 0 aliphatic rings. The third kappa shape index (κ3) is 5.47. The van der Waals surface area contributed by atoms with Crippen LogP contribution in [0.3, 0.4) is 0 Å². The Kier molecular flexibility index (Phi) is 6.85. The molecule has 0 saturated carbocycles. The number of nitrogens with zero attached hydrogens (tertiary/aromatic N) is 3. The fourth-order valence-corrected chi connectivity index (χ4v) is 2.98. The summed E-state index contributed by atoms with van der Waals surface area (Å²) >= 11 is 0. The second kappa shape index (κ2) is 8.90. The first-order chi connectivity index (χ1) is 12.7. The van der Waals surface area contributed by atoms with E-state index in [0.29, 0.717) is 19.0 Å². The smallest absolute Gasteiger partial charge is 0.191 e. The van der Waals surface area contributed by atoms with Gasteiger partial charge in [0, 0.05) is 38.0 Å². The van der Waals surface area contributed by atoms with E-state index in [9.17, 15) is 5.11 Å². The Morgan fingerprint density at radius 3 is 2.67 bits per heavy atom. The lowest BCUT2D eigenvalue weighted by Crippen LogP contribution is -2.44. The maximum Gasteiger partial charge on any atom is 0.191 e. The van der Waals surface area contributed by atoms with Crippen molar-refractivity contribution in [2.24, 2.45) is 4.99 Å². The molecule has 0 saturated heterocycles. The molecule has 1 atom stereocenters. The number of furan rings is 1. The fraction of sp³-hybridized carbons (Fsp3) is 0.500. The van der Waals surface area contributed by atoms with Crippen LogP contribution in [0.15, 0.2) is 33.8 Å². The molecule has 0 spiro atoms. The Balaban J connectivity index is 2.11. The summed E-state index contributed by atoms with van der Waals surface area (Å²) in [6.07, 6.45) is 1.78. The Hall–Kier alpha value is -2.54. The molecule has 0 amide bonds. The number of hydrogen-bond acceptors (Lipinski definition) is 5. The molecule has 2 heterocycles. The number of anilines is 1. The number of aryl methyl sites for hydroxylation is 2. The molecule has 148 valence electrons. The predicted octanol–water partition coefficient (Wildman–Crippen LogP) is 2.32. The molecular weight excluding hydrogens is 342 g/mol. The number of pyridine rings is 1. The van der Waals surface area contributed by atoms with Crippen LogP contribution in [0.1, 0.15) is 36.5 Å². The van der Waals surface area contributed by atoms with E-state index in [2.05, 4.69) is 20.6 Å². The molecule has 7 nitrogen and oxygen atoms in total. The van der Waals surface area contributed by atoms with Crippen molar-refractivity contribution in [3.63, 3.8) is 0 Å². The number of aliphatic imine (C=N–C) groups is 1. The molecule has 2 aromatic rings. The summed E-state index contributed by atoms with van der Waals surface area (Å²) in [4.78, 5) is 11.0. The van der Waals surface area contributed by atoms with Gasteiger partial charge in [0.15, 0.2) is 5.96 Å². The summed E-state index contributed by atoms with van der Waals surface area (Å²) < 4.78 is 5.55. The van der Waals surface area contributed by atoms with Gasteiger partial charge >= 0.3 is 0 Å². The van der Waals surface area contributed by atoms with E-state index in [-0.39, 0.29) is 0 Å². The highest BCUT2D eigenvalue weighted by Crippen LogP contribution is 2.26. The van der Waals surface area contributed by atoms with Gasteiger partial charge in [-0.3, -0.25) is 0 Å². The first kappa shape index (κ1) is 20.8. The van der Waals surface area contributed by atoms with Crippen molar-refractivity contribution >= 4 is 11.8 Å². The van der Waals surface area contributed by atoms with Crippen LogP contribution < -0.4 is 15.5 Å². The molecule has 3 N–H and O–H groups in total. The topological polar surface area (TPSA) is 85.9 Å². The van der Waals surface area contributed by atoms with Crippen LogP contribution in [0.5, 0.6) is 0 Å². The minimum Gasteiger partial charge on any atom is -0.466 e. The van der Waals surface area contributed by atoms with Crippen LogP contribution in [0.2, 0.25) is 0 Å². The molecular formula is C20H31N5O2. The highest BCUT2D eigenvalue weighted by Gasteiger charge is 2.27. The molecule has 0 bridgehead atoms. The zero-order chi connectivity index (χ0) is 20.0. The van der Waals surface area contributed by atoms with Crippen LogP contribution in [0.25, 0.3) is 0 Å². The molecule has 0 aromatic carbocycles. The van der Waals surface area contributed by atoms with Crippen molar-refractivity contribution in [2.45, 2.75) is 39.8 Å². The van der Waals surface area contributed by atoms with E-state index in [1.165, 1.54) is 0 Å². The zero-order valence-corrected chi connectivity index (χ0v) is 17.1. The minimum atomic E-state index is -1.07. The molecule has 0 radical (unpaired) electrons. The Labute approximate surface area is 161 Å². The molecule has 2 rings (SSSR count). The first-order valence-electron chi connectivity index (χ1n) is 9.18.